The van der Waals surface area contributed by atoms with Gasteiger partial charge in [0.25, 0.3) is 0 Å². The van der Waals surface area contributed by atoms with E-state index in [0.29, 0.717) is 12.0 Å². The minimum absolute atomic E-state index is 0.0379. The number of nitrogens with zero attached hydrogens (tertiary/aromatic N) is 2. The lowest BCUT2D eigenvalue weighted by Gasteiger charge is -2.29. The van der Waals surface area contributed by atoms with Crippen LogP contribution in [0.15, 0.2) is 29.3 Å². The summed E-state index contributed by atoms with van der Waals surface area (Å²) in [5.41, 5.74) is 2.23. The fourth-order valence-electron chi connectivity index (χ4n) is 5.18. The van der Waals surface area contributed by atoms with E-state index in [9.17, 15) is 9.59 Å². The van der Waals surface area contributed by atoms with Gasteiger partial charge in [-0.05, 0) is 55.6 Å². The summed E-state index contributed by atoms with van der Waals surface area (Å²) in [5, 5.41) is 3.29. The SMILES string of the molecule is O=C1NC(=NC2CC3CCC2C3)SC1CC(=O)N1CCCc2ccccc21. The first-order valence-corrected chi connectivity index (χ1v) is 11.0. The Morgan fingerprint density at radius 2 is 2.15 bits per heavy atom. The molecule has 0 spiro atoms. The van der Waals surface area contributed by atoms with Crippen molar-refractivity contribution in [3.05, 3.63) is 29.8 Å². The standard InChI is InChI=1S/C21H25N3O2S/c25-19(24-9-3-5-14-4-1-2-6-17(14)24)12-18-20(26)23-21(27-18)22-16-11-13-7-8-15(16)10-13/h1-2,4,6,13,15-16,18H,3,5,7-12H2,(H,22,23,26). The van der Waals surface area contributed by atoms with Crippen LogP contribution in [0.25, 0.3) is 0 Å². The second-order valence-corrected chi connectivity index (χ2v) is 9.45. The summed E-state index contributed by atoms with van der Waals surface area (Å²) >= 11 is 1.45. The van der Waals surface area contributed by atoms with Gasteiger partial charge in [-0.15, -0.1) is 0 Å². The molecule has 6 heteroatoms. The Labute approximate surface area is 164 Å². The van der Waals surface area contributed by atoms with Gasteiger partial charge in [-0.25, -0.2) is 0 Å². The smallest absolute Gasteiger partial charge is 0.240 e. The first-order valence-electron chi connectivity index (χ1n) is 10.1. The van der Waals surface area contributed by atoms with E-state index in [4.69, 9.17) is 4.99 Å². The van der Waals surface area contributed by atoms with E-state index < -0.39 is 0 Å². The highest BCUT2D eigenvalue weighted by atomic mass is 32.2. The first kappa shape index (κ1) is 17.3. The lowest BCUT2D eigenvalue weighted by Crippen LogP contribution is -2.38. The van der Waals surface area contributed by atoms with Gasteiger partial charge in [0.15, 0.2) is 5.17 Å². The monoisotopic (exact) mass is 383 g/mol. The normalized spacial score (nSPS) is 33.4. The van der Waals surface area contributed by atoms with Crippen LogP contribution in [-0.2, 0) is 16.0 Å². The molecule has 27 heavy (non-hydrogen) atoms. The van der Waals surface area contributed by atoms with E-state index in [1.54, 1.807) is 0 Å². The van der Waals surface area contributed by atoms with Crippen molar-refractivity contribution in [2.24, 2.45) is 16.8 Å². The fourth-order valence-corrected chi connectivity index (χ4v) is 6.20. The number of amides is 2. The molecule has 2 saturated carbocycles. The summed E-state index contributed by atoms with van der Waals surface area (Å²) in [5.74, 6) is 1.50. The summed E-state index contributed by atoms with van der Waals surface area (Å²) < 4.78 is 0. The first-order chi connectivity index (χ1) is 13.2. The molecule has 4 atom stereocenters. The maximum absolute atomic E-state index is 12.9. The quantitative estimate of drug-likeness (QED) is 0.872. The van der Waals surface area contributed by atoms with Crippen LogP contribution in [0.4, 0.5) is 5.69 Å². The second kappa shape index (κ2) is 6.97. The molecule has 5 rings (SSSR count). The predicted octanol–water partition coefficient (Wildman–Crippen LogP) is 3.13. The van der Waals surface area contributed by atoms with Gasteiger partial charge in [-0.1, -0.05) is 36.4 Å². The number of aliphatic imine (C=N–C) groups is 1. The number of aryl methyl sites for hydroxylation is 1. The van der Waals surface area contributed by atoms with Gasteiger partial charge in [0.2, 0.25) is 11.8 Å². The number of hydrogen-bond acceptors (Lipinski definition) is 4. The number of amidine groups is 1. The van der Waals surface area contributed by atoms with Crippen LogP contribution < -0.4 is 10.2 Å². The van der Waals surface area contributed by atoms with E-state index >= 15 is 0 Å². The van der Waals surface area contributed by atoms with Crippen molar-refractivity contribution in [2.45, 2.75) is 56.2 Å². The number of nitrogens with one attached hydrogen (secondary N) is 1. The third-order valence-electron chi connectivity index (χ3n) is 6.53. The molecule has 1 saturated heterocycles. The third-order valence-corrected chi connectivity index (χ3v) is 7.63. The number of anilines is 1. The second-order valence-electron chi connectivity index (χ2n) is 8.25. The van der Waals surface area contributed by atoms with Crippen molar-refractivity contribution in [1.82, 2.24) is 5.32 Å². The zero-order valence-electron chi connectivity index (χ0n) is 15.4. The maximum atomic E-state index is 12.9. The van der Waals surface area contributed by atoms with Crippen molar-refractivity contribution in [2.75, 3.05) is 11.4 Å². The van der Waals surface area contributed by atoms with Gasteiger partial charge < -0.3 is 10.2 Å². The summed E-state index contributed by atoms with van der Waals surface area (Å²) in [6, 6.07) is 8.46. The Hall–Kier alpha value is -1.82. The number of hydrogen-bond donors (Lipinski definition) is 1. The number of benzene rings is 1. The highest BCUT2D eigenvalue weighted by Crippen LogP contribution is 2.46. The van der Waals surface area contributed by atoms with E-state index in [-0.39, 0.29) is 23.5 Å². The Bertz CT molecular complexity index is 808. The molecule has 4 aliphatic rings. The number of thioether (sulfide) groups is 1. The van der Waals surface area contributed by atoms with Crippen LogP contribution >= 0.6 is 11.8 Å². The van der Waals surface area contributed by atoms with Gasteiger partial charge in [0.1, 0.15) is 5.25 Å². The van der Waals surface area contributed by atoms with Crippen LogP contribution in [0.1, 0.15) is 44.1 Å². The Kier molecular flexibility index (Phi) is 4.46. The van der Waals surface area contributed by atoms with Crippen LogP contribution in [0.5, 0.6) is 0 Å². The molecule has 2 heterocycles. The van der Waals surface area contributed by atoms with E-state index in [2.05, 4.69) is 11.4 Å². The van der Waals surface area contributed by atoms with E-state index in [1.807, 2.05) is 23.1 Å². The third kappa shape index (κ3) is 3.28. The topological polar surface area (TPSA) is 61.8 Å². The average Bonchev–Trinajstić information content (AvgIpc) is 3.38. The zero-order chi connectivity index (χ0) is 18.4. The Morgan fingerprint density at radius 1 is 1.26 bits per heavy atom. The molecule has 1 aromatic rings. The molecule has 1 N–H and O–H groups in total. The predicted molar refractivity (Wildman–Crippen MR) is 108 cm³/mol. The van der Waals surface area contributed by atoms with Crippen molar-refractivity contribution >= 4 is 34.4 Å². The minimum atomic E-state index is -0.357. The average molecular weight is 384 g/mol. The number of rotatable bonds is 3. The number of carbonyl (C=O) groups is 2. The van der Waals surface area contributed by atoms with Crippen molar-refractivity contribution in [3.63, 3.8) is 0 Å². The van der Waals surface area contributed by atoms with Gasteiger partial charge >= 0.3 is 0 Å². The molecule has 2 aliphatic heterocycles. The van der Waals surface area contributed by atoms with Crippen molar-refractivity contribution in [3.8, 4) is 0 Å². The number of para-hydroxylation sites is 1. The molecule has 2 aliphatic carbocycles. The van der Waals surface area contributed by atoms with Gasteiger partial charge in [-0.2, -0.15) is 0 Å². The fraction of sp³-hybridized carbons (Fsp3) is 0.571. The summed E-state index contributed by atoms with van der Waals surface area (Å²) in [4.78, 5) is 32.0. The molecule has 2 amide bonds. The summed E-state index contributed by atoms with van der Waals surface area (Å²) in [6.45, 7) is 0.737. The summed E-state index contributed by atoms with van der Waals surface area (Å²) in [7, 11) is 0. The molecule has 142 valence electrons. The van der Waals surface area contributed by atoms with E-state index in [0.717, 1.165) is 36.2 Å². The molecule has 4 unspecified atom stereocenters. The van der Waals surface area contributed by atoms with Gasteiger partial charge in [-0.3, -0.25) is 14.6 Å². The lowest BCUT2D eigenvalue weighted by molar-refractivity contribution is -0.123. The molecule has 2 bridgehead atoms. The zero-order valence-corrected chi connectivity index (χ0v) is 16.2. The van der Waals surface area contributed by atoms with Crippen molar-refractivity contribution < 1.29 is 9.59 Å². The number of carbonyl (C=O) groups excluding carboxylic acids is 2. The summed E-state index contributed by atoms with van der Waals surface area (Å²) in [6.07, 6.45) is 7.32. The van der Waals surface area contributed by atoms with Crippen LogP contribution in [-0.4, -0.2) is 34.8 Å². The maximum Gasteiger partial charge on any atom is 0.240 e. The van der Waals surface area contributed by atoms with E-state index in [1.165, 1.54) is 43.0 Å². The Balaban J connectivity index is 1.25. The lowest BCUT2D eigenvalue weighted by atomic mass is 9.96. The Morgan fingerprint density at radius 3 is 2.96 bits per heavy atom. The largest absolute Gasteiger partial charge is 0.312 e. The molecular weight excluding hydrogens is 358 g/mol. The molecule has 0 radical (unpaired) electrons. The van der Waals surface area contributed by atoms with Gasteiger partial charge in [0.05, 0.1) is 6.04 Å². The molecule has 1 aromatic carbocycles. The molecule has 3 fully saturated rings. The van der Waals surface area contributed by atoms with Crippen LogP contribution in [0.3, 0.4) is 0 Å². The van der Waals surface area contributed by atoms with Gasteiger partial charge in [0, 0.05) is 18.7 Å². The van der Waals surface area contributed by atoms with Crippen LogP contribution in [0.2, 0.25) is 0 Å². The molecule has 0 aromatic heterocycles. The van der Waals surface area contributed by atoms with Crippen LogP contribution in [0, 0.1) is 11.8 Å². The minimum Gasteiger partial charge on any atom is -0.312 e. The van der Waals surface area contributed by atoms with Crippen molar-refractivity contribution in [1.29, 1.82) is 0 Å². The number of fused-ring (bicyclic) bond motifs is 3. The molecule has 5 nitrogen and oxygen atoms in total. The highest BCUT2D eigenvalue weighted by molar-refractivity contribution is 8.15. The molecular formula is C21H25N3O2S. The highest BCUT2D eigenvalue weighted by Gasteiger charge is 2.41.